The first kappa shape index (κ1) is 12.3. The van der Waals surface area contributed by atoms with E-state index in [0.29, 0.717) is 13.2 Å². The van der Waals surface area contributed by atoms with Crippen LogP contribution in [0.25, 0.3) is 0 Å². The standard InChI is InChI=1S/C12H17FN2O2/c1-12(2)8-14-6-9(17-12)7-16-11-10(13)4-3-5-15-11/h3-5,9,14H,6-8H2,1-2H3. The number of rotatable bonds is 3. The number of hydrogen-bond donors (Lipinski definition) is 1. The van der Waals surface area contributed by atoms with Crippen molar-refractivity contribution in [1.82, 2.24) is 10.3 Å². The monoisotopic (exact) mass is 240 g/mol. The van der Waals surface area contributed by atoms with Gasteiger partial charge in [0.2, 0.25) is 5.88 Å². The molecule has 4 nitrogen and oxygen atoms in total. The van der Waals surface area contributed by atoms with Crippen LogP contribution in [-0.2, 0) is 4.74 Å². The first-order valence-corrected chi connectivity index (χ1v) is 5.69. The van der Waals surface area contributed by atoms with E-state index < -0.39 is 5.82 Å². The highest BCUT2D eigenvalue weighted by Gasteiger charge is 2.28. The Kier molecular flexibility index (Phi) is 3.59. The fraction of sp³-hybridized carbons (Fsp3) is 0.583. The van der Waals surface area contributed by atoms with Crippen LogP contribution in [-0.4, -0.2) is 36.4 Å². The molecule has 0 aliphatic carbocycles. The Labute approximate surface area is 100 Å². The van der Waals surface area contributed by atoms with Crippen LogP contribution in [0, 0.1) is 5.82 Å². The Balaban J connectivity index is 1.88. The van der Waals surface area contributed by atoms with Crippen molar-refractivity contribution in [3.63, 3.8) is 0 Å². The zero-order chi connectivity index (χ0) is 12.3. The normalized spacial score (nSPS) is 23.4. The first-order chi connectivity index (χ1) is 8.07. The molecular formula is C12H17FN2O2. The summed E-state index contributed by atoms with van der Waals surface area (Å²) in [6.07, 6.45) is 1.42. The van der Waals surface area contributed by atoms with Gasteiger partial charge in [0.25, 0.3) is 0 Å². The van der Waals surface area contributed by atoms with Gasteiger partial charge in [-0.1, -0.05) is 0 Å². The maximum Gasteiger partial charge on any atom is 0.250 e. The SMILES string of the molecule is CC1(C)CNCC(COc2ncccc2F)O1. The van der Waals surface area contributed by atoms with Gasteiger partial charge in [-0.15, -0.1) is 0 Å². The second-order valence-corrected chi connectivity index (χ2v) is 4.73. The summed E-state index contributed by atoms with van der Waals surface area (Å²) in [5.41, 5.74) is -0.213. The van der Waals surface area contributed by atoms with Crippen molar-refractivity contribution < 1.29 is 13.9 Å². The minimum atomic E-state index is -0.449. The summed E-state index contributed by atoms with van der Waals surface area (Å²) in [5.74, 6) is -0.421. The van der Waals surface area contributed by atoms with Gasteiger partial charge in [0, 0.05) is 19.3 Å². The van der Waals surface area contributed by atoms with Gasteiger partial charge in [0.15, 0.2) is 5.82 Å². The number of nitrogens with zero attached hydrogens (tertiary/aromatic N) is 1. The molecule has 1 atom stereocenters. The zero-order valence-corrected chi connectivity index (χ0v) is 10.1. The fourth-order valence-corrected chi connectivity index (χ4v) is 1.81. The number of hydrogen-bond acceptors (Lipinski definition) is 4. The molecule has 1 aliphatic heterocycles. The molecule has 1 saturated heterocycles. The van der Waals surface area contributed by atoms with Crippen LogP contribution in [0.3, 0.4) is 0 Å². The number of pyridine rings is 1. The molecule has 17 heavy (non-hydrogen) atoms. The summed E-state index contributed by atoms with van der Waals surface area (Å²) in [7, 11) is 0. The van der Waals surface area contributed by atoms with Gasteiger partial charge in [-0.2, -0.15) is 0 Å². The molecule has 0 spiro atoms. The van der Waals surface area contributed by atoms with Crippen molar-refractivity contribution in [3.8, 4) is 5.88 Å². The molecule has 1 unspecified atom stereocenters. The van der Waals surface area contributed by atoms with E-state index in [1.807, 2.05) is 13.8 Å². The molecule has 5 heteroatoms. The third-order valence-corrected chi connectivity index (χ3v) is 2.54. The molecule has 2 rings (SSSR count). The van der Waals surface area contributed by atoms with E-state index >= 15 is 0 Å². The minimum absolute atomic E-state index is 0.0273. The number of halogens is 1. The molecule has 1 aromatic rings. The van der Waals surface area contributed by atoms with Crippen LogP contribution in [0.15, 0.2) is 18.3 Å². The Bertz CT molecular complexity index is 385. The van der Waals surface area contributed by atoms with Crippen LogP contribution in [0.1, 0.15) is 13.8 Å². The van der Waals surface area contributed by atoms with Crippen molar-refractivity contribution >= 4 is 0 Å². The molecule has 1 aromatic heterocycles. The molecule has 1 aliphatic rings. The van der Waals surface area contributed by atoms with Crippen LogP contribution in [0.4, 0.5) is 4.39 Å². The Morgan fingerprint density at radius 1 is 1.65 bits per heavy atom. The second-order valence-electron chi connectivity index (χ2n) is 4.73. The molecule has 0 aromatic carbocycles. The van der Waals surface area contributed by atoms with Crippen LogP contribution < -0.4 is 10.1 Å². The van der Waals surface area contributed by atoms with Gasteiger partial charge in [-0.05, 0) is 26.0 Å². The van der Waals surface area contributed by atoms with Crippen molar-refractivity contribution in [2.24, 2.45) is 0 Å². The number of ether oxygens (including phenoxy) is 2. The summed E-state index contributed by atoms with van der Waals surface area (Å²) in [4.78, 5) is 3.83. The van der Waals surface area contributed by atoms with E-state index in [2.05, 4.69) is 10.3 Å². The molecule has 1 fully saturated rings. The summed E-state index contributed by atoms with van der Waals surface area (Å²) < 4.78 is 24.4. The zero-order valence-electron chi connectivity index (χ0n) is 10.1. The first-order valence-electron chi connectivity index (χ1n) is 5.69. The van der Waals surface area contributed by atoms with Gasteiger partial charge < -0.3 is 14.8 Å². The predicted octanol–water partition coefficient (Wildman–Crippen LogP) is 1.37. The van der Waals surface area contributed by atoms with Gasteiger partial charge in [-0.25, -0.2) is 9.37 Å². The Morgan fingerprint density at radius 2 is 2.47 bits per heavy atom. The van der Waals surface area contributed by atoms with Crippen LogP contribution in [0.5, 0.6) is 5.88 Å². The predicted molar refractivity (Wildman–Crippen MR) is 61.5 cm³/mol. The molecule has 0 radical (unpaired) electrons. The van der Waals surface area contributed by atoms with E-state index in [9.17, 15) is 4.39 Å². The molecule has 0 bridgehead atoms. The van der Waals surface area contributed by atoms with Crippen molar-refractivity contribution in [2.75, 3.05) is 19.7 Å². The van der Waals surface area contributed by atoms with Crippen molar-refractivity contribution in [3.05, 3.63) is 24.1 Å². The summed E-state index contributed by atoms with van der Waals surface area (Å²) in [6.45, 7) is 5.82. The fourth-order valence-electron chi connectivity index (χ4n) is 1.81. The largest absolute Gasteiger partial charge is 0.473 e. The Morgan fingerprint density at radius 3 is 3.18 bits per heavy atom. The van der Waals surface area contributed by atoms with Gasteiger partial charge >= 0.3 is 0 Å². The second kappa shape index (κ2) is 4.98. The van der Waals surface area contributed by atoms with Crippen molar-refractivity contribution in [1.29, 1.82) is 0 Å². The average molecular weight is 240 g/mol. The molecule has 0 amide bonds. The molecule has 0 saturated carbocycles. The Hall–Kier alpha value is -1.20. The highest BCUT2D eigenvalue weighted by atomic mass is 19.1. The minimum Gasteiger partial charge on any atom is -0.473 e. The topological polar surface area (TPSA) is 43.4 Å². The molecular weight excluding hydrogens is 223 g/mol. The van der Waals surface area contributed by atoms with Crippen molar-refractivity contribution in [2.45, 2.75) is 25.6 Å². The number of nitrogens with one attached hydrogen (secondary N) is 1. The number of aromatic nitrogens is 1. The molecule has 2 heterocycles. The lowest BCUT2D eigenvalue weighted by Crippen LogP contribution is -2.52. The average Bonchev–Trinajstić information content (AvgIpc) is 2.27. The maximum atomic E-state index is 13.3. The van der Waals surface area contributed by atoms with E-state index in [0.717, 1.165) is 6.54 Å². The summed E-state index contributed by atoms with van der Waals surface area (Å²) >= 11 is 0. The highest BCUT2D eigenvalue weighted by molar-refractivity contribution is 5.12. The van der Waals surface area contributed by atoms with Gasteiger partial charge in [0.05, 0.1) is 5.60 Å². The van der Waals surface area contributed by atoms with E-state index in [-0.39, 0.29) is 17.6 Å². The lowest BCUT2D eigenvalue weighted by atomic mass is 10.1. The lowest BCUT2D eigenvalue weighted by Gasteiger charge is -2.36. The summed E-state index contributed by atoms with van der Waals surface area (Å²) in [5, 5.41) is 3.26. The van der Waals surface area contributed by atoms with Gasteiger partial charge in [0.1, 0.15) is 12.7 Å². The molecule has 94 valence electrons. The lowest BCUT2D eigenvalue weighted by molar-refractivity contribution is -0.107. The smallest absolute Gasteiger partial charge is 0.250 e. The van der Waals surface area contributed by atoms with E-state index in [1.54, 1.807) is 0 Å². The van der Waals surface area contributed by atoms with Gasteiger partial charge in [-0.3, -0.25) is 0 Å². The van der Waals surface area contributed by atoms with E-state index in [1.165, 1.54) is 18.3 Å². The quantitative estimate of drug-likeness (QED) is 0.866. The highest BCUT2D eigenvalue weighted by Crippen LogP contribution is 2.17. The summed E-state index contributed by atoms with van der Waals surface area (Å²) in [6, 6.07) is 2.86. The third-order valence-electron chi connectivity index (χ3n) is 2.54. The van der Waals surface area contributed by atoms with E-state index in [4.69, 9.17) is 9.47 Å². The molecule has 1 N–H and O–H groups in total. The number of morpholine rings is 1. The maximum absolute atomic E-state index is 13.3. The van der Waals surface area contributed by atoms with Crippen LogP contribution >= 0.6 is 0 Å². The van der Waals surface area contributed by atoms with Crippen LogP contribution in [0.2, 0.25) is 0 Å². The third kappa shape index (κ3) is 3.38.